The summed E-state index contributed by atoms with van der Waals surface area (Å²) in [6.45, 7) is 5.73. The maximum Gasteiger partial charge on any atom is 0.317 e. The minimum absolute atomic E-state index is 0.0207. The van der Waals surface area contributed by atoms with Gasteiger partial charge in [0.2, 0.25) is 5.13 Å². The van der Waals surface area contributed by atoms with E-state index in [1.54, 1.807) is 12.1 Å². The zero-order chi connectivity index (χ0) is 18.4. The number of carbonyl (C=O) groups excluding carboxylic acids is 1. The quantitative estimate of drug-likeness (QED) is 0.787. The number of hydrogen-bond acceptors (Lipinski definition) is 5. The number of unbranched alkanes of at least 4 members (excludes halogenated alkanes) is 1. The predicted molar refractivity (Wildman–Crippen MR) is 101 cm³/mol. The van der Waals surface area contributed by atoms with Crippen molar-refractivity contribution >= 4 is 22.7 Å². The number of carbonyl (C=O) groups is 1. The van der Waals surface area contributed by atoms with Gasteiger partial charge in [0.1, 0.15) is 11.6 Å². The van der Waals surface area contributed by atoms with Gasteiger partial charge in [0.15, 0.2) is 0 Å². The average Bonchev–Trinajstić information content (AvgIpc) is 3.12. The summed E-state index contributed by atoms with van der Waals surface area (Å²) >= 11 is 1.38. The van der Waals surface area contributed by atoms with Crippen LogP contribution in [-0.4, -0.2) is 53.0 Å². The molecule has 0 aliphatic carbocycles. The molecule has 140 valence electrons. The van der Waals surface area contributed by atoms with Gasteiger partial charge in [-0.3, -0.25) is 0 Å². The first-order valence-electron chi connectivity index (χ1n) is 9.00. The fourth-order valence-electron chi connectivity index (χ4n) is 2.81. The monoisotopic (exact) mass is 377 g/mol. The molecule has 8 heteroatoms. The van der Waals surface area contributed by atoms with Gasteiger partial charge in [-0.1, -0.05) is 25.5 Å². The molecule has 3 rings (SSSR count). The van der Waals surface area contributed by atoms with Crippen LogP contribution >= 0.6 is 11.5 Å². The molecule has 1 aromatic heterocycles. The van der Waals surface area contributed by atoms with Crippen molar-refractivity contribution < 1.29 is 9.18 Å². The summed E-state index contributed by atoms with van der Waals surface area (Å²) in [6, 6.07) is 6.44. The smallest absolute Gasteiger partial charge is 0.317 e. The molecular formula is C18H24FN5OS. The SMILES string of the molecule is CCCCNC(=O)N1CCN(c2nc(Cc3ccc(F)cc3)ns2)CC1. The number of piperazine rings is 1. The Kier molecular flexibility index (Phi) is 6.38. The predicted octanol–water partition coefficient (Wildman–Crippen LogP) is 2.90. The molecule has 1 aliphatic heterocycles. The Balaban J connectivity index is 1.50. The molecule has 0 saturated carbocycles. The first-order chi connectivity index (χ1) is 12.7. The molecule has 0 spiro atoms. The van der Waals surface area contributed by atoms with Crippen LogP contribution in [0.4, 0.5) is 14.3 Å². The molecule has 2 heterocycles. The van der Waals surface area contributed by atoms with E-state index < -0.39 is 0 Å². The topological polar surface area (TPSA) is 61.4 Å². The fourth-order valence-corrected chi connectivity index (χ4v) is 3.55. The second kappa shape index (κ2) is 8.93. The molecule has 1 saturated heterocycles. The summed E-state index contributed by atoms with van der Waals surface area (Å²) in [7, 11) is 0. The molecule has 6 nitrogen and oxygen atoms in total. The van der Waals surface area contributed by atoms with Gasteiger partial charge < -0.3 is 15.1 Å². The van der Waals surface area contributed by atoms with Gasteiger partial charge in [-0.2, -0.15) is 4.37 Å². The van der Waals surface area contributed by atoms with Gasteiger partial charge in [-0.25, -0.2) is 14.2 Å². The Morgan fingerprint density at radius 1 is 1.23 bits per heavy atom. The third kappa shape index (κ3) is 4.91. The molecule has 0 bridgehead atoms. The number of benzene rings is 1. The van der Waals surface area contributed by atoms with E-state index in [4.69, 9.17) is 0 Å². The van der Waals surface area contributed by atoms with Gasteiger partial charge in [0, 0.05) is 50.7 Å². The Hall–Kier alpha value is -2.22. The van der Waals surface area contributed by atoms with E-state index in [1.807, 2.05) is 4.90 Å². The molecule has 2 aromatic rings. The number of amides is 2. The molecule has 0 unspecified atom stereocenters. The molecule has 1 N–H and O–H groups in total. The van der Waals surface area contributed by atoms with E-state index in [0.29, 0.717) is 19.5 Å². The van der Waals surface area contributed by atoms with Gasteiger partial charge in [-0.05, 0) is 24.1 Å². The summed E-state index contributed by atoms with van der Waals surface area (Å²) in [5.74, 6) is 0.508. The largest absolute Gasteiger partial charge is 0.343 e. The number of nitrogens with zero attached hydrogens (tertiary/aromatic N) is 4. The van der Waals surface area contributed by atoms with Crippen LogP contribution in [0, 0.1) is 5.82 Å². The maximum atomic E-state index is 13.0. The minimum atomic E-state index is -0.239. The zero-order valence-corrected chi connectivity index (χ0v) is 15.8. The van der Waals surface area contributed by atoms with Crippen molar-refractivity contribution in [2.45, 2.75) is 26.2 Å². The Morgan fingerprint density at radius 2 is 1.96 bits per heavy atom. The van der Waals surface area contributed by atoms with E-state index in [2.05, 4.69) is 26.5 Å². The maximum absolute atomic E-state index is 13.0. The first kappa shape index (κ1) is 18.6. The second-order valence-corrected chi connectivity index (χ2v) is 7.09. The van der Waals surface area contributed by atoms with Crippen LogP contribution in [0.3, 0.4) is 0 Å². The highest BCUT2D eigenvalue weighted by Crippen LogP contribution is 2.20. The van der Waals surface area contributed by atoms with Crippen LogP contribution < -0.4 is 10.2 Å². The molecule has 0 radical (unpaired) electrons. The third-order valence-electron chi connectivity index (χ3n) is 4.38. The first-order valence-corrected chi connectivity index (χ1v) is 9.78. The summed E-state index contributed by atoms with van der Waals surface area (Å²) < 4.78 is 17.4. The highest BCUT2D eigenvalue weighted by molar-refractivity contribution is 7.09. The summed E-state index contributed by atoms with van der Waals surface area (Å²) in [5, 5.41) is 3.84. The number of halogens is 1. The van der Waals surface area contributed by atoms with Gasteiger partial charge in [0.05, 0.1) is 0 Å². The van der Waals surface area contributed by atoms with Crippen molar-refractivity contribution in [2.75, 3.05) is 37.6 Å². The number of hydrogen-bond donors (Lipinski definition) is 1. The summed E-state index contributed by atoms with van der Waals surface area (Å²) in [4.78, 5) is 20.7. The van der Waals surface area contributed by atoms with E-state index in [-0.39, 0.29) is 11.8 Å². The van der Waals surface area contributed by atoms with Crippen LogP contribution in [0.15, 0.2) is 24.3 Å². The van der Waals surface area contributed by atoms with E-state index in [1.165, 1.54) is 23.7 Å². The minimum Gasteiger partial charge on any atom is -0.343 e. The van der Waals surface area contributed by atoms with Gasteiger partial charge in [0.25, 0.3) is 0 Å². The molecule has 1 fully saturated rings. The summed E-state index contributed by atoms with van der Waals surface area (Å²) in [5.41, 5.74) is 0.990. The van der Waals surface area contributed by atoms with Crippen molar-refractivity contribution in [3.63, 3.8) is 0 Å². The van der Waals surface area contributed by atoms with Crippen molar-refractivity contribution in [1.82, 2.24) is 19.6 Å². The number of nitrogens with one attached hydrogen (secondary N) is 1. The van der Waals surface area contributed by atoms with Crippen molar-refractivity contribution in [3.8, 4) is 0 Å². The molecule has 1 aromatic carbocycles. The lowest BCUT2D eigenvalue weighted by Gasteiger charge is -2.34. The van der Waals surface area contributed by atoms with Gasteiger partial charge in [-0.15, -0.1) is 0 Å². The van der Waals surface area contributed by atoms with E-state index >= 15 is 0 Å². The second-order valence-electron chi connectivity index (χ2n) is 6.36. The molecule has 26 heavy (non-hydrogen) atoms. The Morgan fingerprint density at radius 3 is 2.65 bits per heavy atom. The normalized spacial score (nSPS) is 14.5. The average molecular weight is 377 g/mol. The standard InChI is InChI=1S/C18H24FN5OS/c1-2-3-8-20-17(25)23-9-11-24(12-10-23)18-21-16(22-26-18)13-14-4-6-15(19)7-5-14/h4-7H,2-3,8-13H2,1H3,(H,20,25). The molecule has 1 aliphatic rings. The van der Waals surface area contributed by atoms with Crippen LogP contribution in [0.1, 0.15) is 31.2 Å². The molecule has 0 atom stereocenters. The highest BCUT2D eigenvalue weighted by atomic mass is 32.1. The van der Waals surface area contributed by atoms with Crippen molar-refractivity contribution in [2.24, 2.45) is 0 Å². The van der Waals surface area contributed by atoms with E-state index in [9.17, 15) is 9.18 Å². The lowest BCUT2D eigenvalue weighted by molar-refractivity contribution is 0.194. The fraction of sp³-hybridized carbons (Fsp3) is 0.500. The lowest BCUT2D eigenvalue weighted by Crippen LogP contribution is -2.52. The van der Waals surface area contributed by atoms with Crippen LogP contribution in [0.2, 0.25) is 0 Å². The molecule has 2 amide bonds. The van der Waals surface area contributed by atoms with Gasteiger partial charge >= 0.3 is 6.03 Å². The highest BCUT2D eigenvalue weighted by Gasteiger charge is 2.23. The van der Waals surface area contributed by atoms with Crippen molar-refractivity contribution in [1.29, 1.82) is 0 Å². The number of anilines is 1. The number of rotatable bonds is 6. The Bertz CT molecular complexity index is 713. The number of aromatic nitrogens is 2. The number of urea groups is 1. The third-order valence-corrected chi connectivity index (χ3v) is 5.19. The van der Waals surface area contributed by atoms with Crippen LogP contribution in [0.5, 0.6) is 0 Å². The van der Waals surface area contributed by atoms with Crippen LogP contribution in [-0.2, 0) is 6.42 Å². The Labute approximate surface area is 157 Å². The lowest BCUT2D eigenvalue weighted by atomic mass is 10.1. The van der Waals surface area contributed by atoms with Crippen molar-refractivity contribution in [3.05, 3.63) is 41.5 Å². The molecular weight excluding hydrogens is 353 g/mol. The van der Waals surface area contributed by atoms with E-state index in [0.717, 1.165) is 49.0 Å². The van der Waals surface area contributed by atoms with Crippen LogP contribution in [0.25, 0.3) is 0 Å². The summed E-state index contributed by atoms with van der Waals surface area (Å²) in [6.07, 6.45) is 2.68. The zero-order valence-electron chi connectivity index (χ0n) is 14.9.